The lowest BCUT2D eigenvalue weighted by molar-refractivity contribution is -0.118. The van der Waals surface area contributed by atoms with Gasteiger partial charge in [-0.15, -0.1) is 0 Å². The molecule has 7 heteroatoms. The van der Waals surface area contributed by atoms with Crippen LogP contribution in [0.3, 0.4) is 0 Å². The Balaban J connectivity index is 1.88. The van der Waals surface area contributed by atoms with Gasteiger partial charge in [0, 0.05) is 36.7 Å². The van der Waals surface area contributed by atoms with Crippen LogP contribution in [0, 0.1) is 5.92 Å². The third-order valence-corrected chi connectivity index (χ3v) is 4.23. The molecule has 0 unspecified atom stereocenters. The Kier molecular flexibility index (Phi) is 6.31. The Morgan fingerprint density at radius 3 is 2.67 bits per heavy atom. The lowest BCUT2D eigenvalue weighted by Crippen LogP contribution is -2.28. The lowest BCUT2D eigenvalue weighted by atomic mass is 10.00. The molecule has 1 aromatic rings. The van der Waals surface area contributed by atoms with Gasteiger partial charge in [-0.1, -0.05) is 12.5 Å². The fourth-order valence-corrected chi connectivity index (χ4v) is 2.91. The van der Waals surface area contributed by atoms with Crippen LogP contribution in [0.2, 0.25) is 0 Å². The van der Waals surface area contributed by atoms with Crippen molar-refractivity contribution in [3.8, 4) is 0 Å². The number of hydrogen-bond acceptors (Lipinski definition) is 4. The second-order valence-corrected chi connectivity index (χ2v) is 6.16. The minimum Gasteiger partial charge on any atom is -0.370 e. The summed E-state index contributed by atoms with van der Waals surface area (Å²) in [5.74, 6) is -0.652. The summed E-state index contributed by atoms with van der Waals surface area (Å²) in [6, 6.07) is 6.76. The molecule has 3 amide bonds. The molecule has 1 aromatic carbocycles. The molecule has 0 saturated heterocycles. The molecule has 0 spiro atoms. The number of anilines is 1. The van der Waals surface area contributed by atoms with Crippen molar-refractivity contribution in [1.29, 1.82) is 0 Å². The zero-order valence-electron chi connectivity index (χ0n) is 13.6. The fourth-order valence-electron chi connectivity index (χ4n) is 2.91. The summed E-state index contributed by atoms with van der Waals surface area (Å²) in [6.07, 6.45) is 3.51. The predicted molar refractivity (Wildman–Crippen MR) is 91.1 cm³/mol. The molecule has 2 rings (SSSR count). The number of carbonyl (C=O) groups is 3. The van der Waals surface area contributed by atoms with Gasteiger partial charge in [0.1, 0.15) is 0 Å². The van der Waals surface area contributed by atoms with Crippen LogP contribution in [-0.2, 0) is 9.59 Å². The van der Waals surface area contributed by atoms with Crippen LogP contribution in [0.15, 0.2) is 24.3 Å². The van der Waals surface area contributed by atoms with Crippen molar-refractivity contribution in [1.82, 2.24) is 5.32 Å². The minimum absolute atomic E-state index is 0.0871. The van der Waals surface area contributed by atoms with E-state index in [0.717, 1.165) is 19.3 Å². The molecule has 1 aliphatic carbocycles. The van der Waals surface area contributed by atoms with Crippen LogP contribution in [0.4, 0.5) is 5.69 Å². The average Bonchev–Trinajstić information content (AvgIpc) is 2.92. The largest absolute Gasteiger partial charge is 0.370 e. The van der Waals surface area contributed by atoms with Crippen LogP contribution in [0.25, 0.3) is 0 Å². The van der Waals surface area contributed by atoms with E-state index in [1.807, 2.05) is 0 Å². The first-order chi connectivity index (χ1) is 11.5. The van der Waals surface area contributed by atoms with Gasteiger partial charge in [-0.2, -0.15) is 0 Å². The molecule has 0 radical (unpaired) electrons. The topological polar surface area (TPSA) is 127 Å². The molecular weight excluding hydrogens is 308 g/mol. The van der Waals surface area contributed by atoms with Crippen LogP contribution in [-0.4, -0.2) is 30.3 Å². The lowest BCUT2D eigenvalue weighted by Gasteiger charge is -2.15. The summed E-state index contributed by atoms with van der Waals surface area (Å²) in [4.78, 5) is 34.8. The van der Waals surface area contributed by atoms with Crippen LogP contribution >= 0.6 is 0 Å². The highest BCUT2D eigenvalue weighted by Crippen LogP contribution is 2.27. The number of amides is 3. The summed E-state index contributed by atoms with van der Waals surface area (Å²) in [5, 5.41) is 5.42. The maximum atomic E-state index is 12.1. The second-order valence-electron chi connectivity index (χ2n) is 6.16. The number of primary amides is 1. The molecule has 0 aromatic heterocycles. The SMILES string of the molecule is NC(=O)CCNC(=O)c1cccc(NC(=O)C[C@@H]2CCC[C@H]2N)c1. The van der Waals surface area contributed by atoms with Gasteiger partial charge in [0.15, 0.2) is 0 Å². The molecular formula is C17H24N4O3. The molecule has 1 fully saturated rings. The van der Waals surface area contributed by atoms with Crippen molar-refractivity contribution in [2.45, 2.75) is 38.1 Å². The van der Waals surface area contributed by atoms with Gasteiger partial charge in [-0.05, 0) is 37.0 Å². The zero-order chi connectivity index (χ0) is 17.5. The van der Waals surface area contributed by atoms with E-state index in [1.165, 1.54) is 0 Å². The molecule has 24 heavy (non-hydrogen) atoms. The first kappa shape index (κ1) is 17.9. The summed E-state index contributed by atoms with van der Waals surface area (Å²) in [5.41, 5.74) is 12.0. The van der Waals surface area contributed by atoms with E-state index >= 15 is 0 Å². The van der Waals surface area contributed by atoms with Crippen molar-refractivity contribution in [2.75, 3.05) is 11.9 Å². The van der Waals surface area contributed by atoms with E-state index in [1.54, 1.807) is 24.3 Å². The van der Waals surface area contributed by atoms with Crippen molar-refractivity contribution < 1.29 is 14.4 Å². The molecule has 7 nitrogen and oxygen atoms in total. The third-order valence-electron chi connectivity index (χ3n) is 4.23. The Morgan fingerprint density at radius 2 is 2.00 bits per heavy atom. The molecule has 1 saturated carbocycles. The number of rotatable bonds is 7. The first-order valence-electron chi connectivity index (χ1n) is 8.17. The zero-order valence-corrected chi connectivity index (χ0v) is 13.6. The van der Waals surface area contributed by atoms with Gasteiger partial charge < -0.3 is 22.1 Å². The predicted octanol–water partition coefficient (Wildman–Crippen LogP) is 0.748. The second kappa shape index (κ2) is 8.44. The normalized spacial score (nSPS) is 19.7. The van der Waals surface area contributed by atoms with Gasteiger partial charge in [-0.3, -0.25) is 14.4 Å². The Morgan fingerprint density at radius 1 is 1.21 bits per heavy atom. The van der Waals surface area contributed by atoms with Gasteiger partial charge in [0.25, 0.3) is 5.91 Å². The minimum atomic E-state index is -0.471. The maximum absolute atomic E-state index is 12.1. The summed E-state index contributed by atoms with van der Waals surface area (Å²) in [7, 11) is 0. The number of nitrogens with two attached hydrogens (primary N) is 2. The molecule has 2 atom stereocenters. The number of benzene rings is 1. The molecule has 1 aliphatic rings. The summed E-state index contributed by atoms with van der Waals surface area (Å²) in [6.45, 7) is 0.185. The number of nitrogens with one attached hydrogen (secondary N) is 2. The monoisotopic (exact) mass is 332 g/mol. The van der Waals surface area contributed by atoms with Gasteiger partial charge in [0.2, 0.25) is 11.8 Å². The van der Waals surface area contributed by atoms with Crippen LogP contribution in [0.5, 0.6) is 0 Å². The van der Waals surface area contributed by atoms with E-state index in [0.29, 0.717) is 17.7 Å². The number of carbonyl (C=O) groups excluding carboxylic acids is 3. The average molecular weight is 332 g/mol. The Hall–Kier alpha value is -2.41. The smallest absolute Gasteiger partial charge is 0.251 e. The van der Waals surface area contributed by atoms with E-state index in [9.17, 15) is 14.4 Å². The summed E-state index contributed by atoms with van der Waals surface area (Å²) >= 11 is 0. The van der Waals surface area contributed by atoms with Crippen molar-refractivity contribution >= 4 is 23.4 Å². The first-order valence-corrected chi connectivity index (χ1v) is 8.17. The standard InChI is InChI=1S/C17H24N4O3/c18-14-6-2-3-11(14)10-16(23)21-13-5-1-4-12(9-13)17(24)20-8-7-15(19)22/h1,4-5,9,11,14H,2-3,6-8,10,18H2,(H2,19,22)(H,20,24)(H,21,23)/t11-,14+/m0/s1. The highest BCUT2D eigenvalue weighted by atomic mass is 16.2. The van der Waals surface area contributed by atoms with E-state index in [-0.39, 0.29) is 36.7 Å². The van der Waals surface area contributed by atoms with E-state index in [2.05, 4.69) is 10.6 Å². The van der Waals surface area contributed by atoms with E-state index in [4.69, 9.17) is 11.5 Å². The van der Waals surface area contributed by atoms with Crippen LogP contribution in [0.1, 0.15) is 42.5 Å². The number of hydrogen-bond donors (Lipinski definition) is 4. The molecule has 0 heterocycles. The van der Waals surface area contributed by atoms with Crippen molar-refractivity contribution in [3.05, 3.63) is 29.8 Å². The summed E-state index contributed by atoms with van der Waals surface area (Å²) < 4.78 is 0. The molecule has 0 aliphatic heterocycles. The maximum Gasteiger partial charge on any atom is 0.251 e. The Labute approximate surface area is 141 Å². The van der Waals surface area contributed by atoms with E-state index < -0.39 is 5.91 Å². The Bertz CT molecular complexity index is 618. The van der Waals surface area contributed by atoms with Crippen molar-refractivity contribution in [3.63, 3.8) is 0 Å². The van der Waals surface area contributed by atoms with Crippen molar-refractivity contribution in [2.24, 2.45) is 17.4 Å². The molecule has 6 N–H and O–H groups in total. The van der Waals surface area contributed by atoms with Gasteiger partial charge in [0.05, 0.1) is 0 Å². The molecule has 130 valence electrons. The van der Waals surface area contributed by atoms with Gasteiger partial charge >= 0.3 is 0 Å². The molecule has 0 bridgehead atoms. The third kappa shape index (κ3) is 5.34. The highest BCUT2D eigenvalue weighted by molar-refractivity contribution is 5.97. The quantitative estimate of drug-likeness (QED) is 0.587. The van der Waals surface area contributed by atoms with Crippen LogP contribution < -0.4 is 22.1 Å². The highest BCUT2D eigenvalue weighted by Gasteiger charge is 2.26. The van der Waals surface area contributed by atoms with Gasteiger partial charge in [-0.25, -0.2) is 0 Å². The fraction of sp³-hybridized carbons (Fsp3) is 0.471.